The zero-order valence-electron chi connectivity index (χ0n) is 5.76. The average molecular weight is 147 g/mol. The Morgan fingerprint density at radius 1 is 2.00 bits per heavy atom. The summed E-state index contributed by atoms with van der Waals surface area (Å²) in [5.74, 6) is -0.817. The maximum Gasteiger partial charge on any atom is 0.345 e. The summed E-state index contributed by atoms with van der Waals surface area (Å²) in [7, 11) is 0. The van der Waals surface area contributed by atoms with E-state index in [1.807, 2.05) is 0 Å². The monoisotopic (exact) mass is 147 g/mol. The lowest BCUT2D eigenvalue weighted by Gasteiger charge is -2.03. The van der Waals surface area contributed by atoms with Gasteiger partial charge in [0.05, 0.1) is 12.6 Å². The van der Waals surface area contributed by atoms with Gasteiger partial charge in [0.2, 0.25) is 5.67 Å². The summed E-state index contributed by atoms with van der Waals surface area (Å²) in [6.07, 6.45) is 0.103. The van der Waals surface area contributed by atoms with E-state index >= 15 is 0 Å². The number of halogens is 1. The molecule has 1 aliphatic carbocycles. The average Bonchev–Trinajstić information content (AvgIpc) is 2.43. The molecule has 0 aromatic heterocycles. The highest BCUT2D eigenvalue weighted by molar-refractivity contribution is 5.84. The van der Waals surface area contributed by atoms with Gasteiger partial charge in [-0.3, -0.25) is 0 Å². The van der Waals surface area contributed by atoms with Crippen LogP contribution >= 0.6 is 0 Å². The van der Waals surface area contributed by atoms with Crippen molar-refractivity contribution in [1.29, 1.82) is 0 Å². The molecule has 0 aromatic rings. The number of carbonyl (C=O) groups excluding carboxylic acids is 1. The second-order valence-corrected chi connectivity index (χ2v) is 2.39. The van der Waals surface area contributed by atoms with Gasteiger partial charge in [0.15, 0.2) is 0 Å². The Labute approximate surface area is 58.3 Å². The third kappa shape index (κ3) is 0.988. The Kier molecular flexibility index (Phi) is 1.64. The van der Waals surface area contributed by atoms with Crippen LogP contribution in [0.1, 0.15) is 13.3 Å². The van der Waals surface area contributed by atoms with Gasteiger partial charge >= 0.3 is 5.97 Å². The fourth-order valence-electron chi connectivity index (χ4n) is 0.747. The van der Waals surface area contributed by atoms with Gasteiger partial charge in [0.1, 0.15) is 0 Å². The van der Waals surface area contributed by atoms with E-state index in [1.165, 1.54) is 0 Å². The molecule has 2 atom stereocenters. The van der Waals surface area contributed by atoms with Gasteiger partial charge in [0, 0.05) is 6.42 Å². The van der Waals surface area contributed by atoms with Gasteiger partial charge in [0.25, 0.3) is 0 Å². The van der Waals surface area contributed by atoms with Crippen molar-refractivity contribution in [3.63, 3.8) is 0 Å². The van der Waals surface area contributed by atoms with Gasteiger partial charge in [-0.15, -0.1) is 0 Å². The van der Waals surface area contributed by atoms with Gasteiger partial charge in [-0.1, -0.05) is 0 Å². The van der Waals surface area contributed by atoms with Gasteiger partial charge in [-0.25, -0.2) is 9.18 Å². The molecular weight excluding hydrogens is 137 g/mol. The number of hydrogen-bond donors (Lipinski definition) is 1. The first-order valence-electron chi connectivity index (χ1n) is 3.23. The highest BCUT2D eigenvalue weighted by atomic mass is 19.1. The van der Waals surface area contributed by atoms with E-state index in [0.29, 0.717) is 0 Å². The van der Waals surface area contributed by atoms with Crippen LogP contribution in [0.2, 0.25) is 0 Å². The van der Waals surface area contributed by atoms with Crippen molar-refractivity contribution < 1.29 is 13.9 Å². The third-order valence-electron chi connectivity index (χ3n) is 1.56. The fourth-order valence-corrected chi connectivity index (χ4v) is 0.747. The van der Waals surface area contributed by atoms with E-state index in [-0.39, 0.29) is 13.0 Å². The molecule has 58 valence electrons. The van der Waals surface area contributed by atoms with Crippen molar-refractivity contribution in [3.05, 3.63) is 0 Å². The number of carbonyl (C=O) groups is 1. The molecule has 0 spiro atoms. The second kappa shape index (κ2) is 2.20. The number of alkyl halides is 1. The molecule has 4 heteroatoms. The summed E-state index contributed by atoms with van der Waals surface area (Å²) in [4.78, 5) is 10.7. The predicted octanol–water partition coefficient (Wildman–Crippen LogP) is -0.0112. The number of esters is 1. The molecule has 2 unspecified atom stereocenters. The Morgan fingerprint density at radius 3 is 2.80 bits per heavy atom. The molecule has 0 saturated heterocycles. The Bertz CT molecular complexity index is 162. The van der Waals surface area contributed by atoms with Crippen LogP contribution in [0, 0.1) is 0 Å². The molecule has 1 fully saturated rings. The van der Waals surface area contributed by atoms with Crippen LogP contribution in [-0.2, 0) is 9.53 Å². The van der Waals surface area contributed by atoms with Crippen molar-refractivity contribution in [2.24, 2.45) is 5.73 Å². The molecule has 1 rings (SSSR count). The number of ether oxygens (including phenoxy) is 1. The molecule has 1 saturated carbocycles. The van der Waals surface area contributed by atoms with Crippen LogP contribution in [0.25, 0.3) is 0 Å². The molecule has 0 radical (unpaired) electrons. The predicted molar refractivity (Wildman–Crippen MR) is 33.1 cm³/mol. The summed E-state index contributed by atoms with van der Waals surface area (Å²) in [5.41, 5.74) is 3.29. The van der Waals surface area contributed by atoms with Crippen LogP contribution < -0.4 is 5.73 Å². The lowest BCUT2D eigenvalue weighted by molar-refractivity contribution is -0.151. The third-order valence-corrected chi connectivity index (χ3v) is 1.56. The molecule has 0 heterocycles. The molecule has 2 N–H and O–H groups in total. The van der Waals surface area contributed by atoms with Crippen molar-refractivity contribution in [1.82, 2.24) is 0 Å². The maximum atomic E-state index is 12.9. The van der Waals surface area contributed by atoms with Crippen LogP contribution in [0.15, 0.2) is 0 Å². The van der Waals surface area contributed by atoms with E-state index in [1.54, 1.807) is 6.92 Å². The van der Waals surface area contributed by atoms with E-state index in [9.17, 15) is 9.18 Å². The van der Waals surface area contributed by atoms with Crippen LogP contribution in [0.3, 0.4) is 0 Å². The largest absolute Gasteiger partial charge is 0.464 e. The summed E-state index contributed by atoms with van der Waals surface area (Å²) in [5, 5.41) is 0. The first-order chi connectivity index (χ1) is 4.61. The van der Waals surface area contributed by atoms with E-state index < -0.39 is 17.7 Å². The smallest absolute Gasteiger partial charge is 0.345 e. The van der Waals surface area contributed by atoms with Crippen LogP contribution in [0.5, 0.6) is 0 Å². The zero-order valence-corrected chi connectivity index (χ0v) is 5.76. The standard InChI is InChI=1S/C6H10FNO2/c1-2-10-5(9)6(7)3-4(6)8/h4H,2-3,8H2,1H3. The molecule has 1 aliphatic rings. The summed E-state index contributed by atoms with van der Waals surface area (Å²) >= 11 is 0. The van der Waals surface area contributed by atoms with Crippen LogP contribution in [0.4, 0.5) is 4.39 Å². The lowest BCUT2D eigenvalue weighted by atomic mass is 10.4. The topological polar surface area (TPSA) is 52.3 Å². The highest BCUT2D eigenvalue weighted by Crippen LogP contribution is 2.39. The SMILES string of the molecule is CCOC(=O)C1(F)CC1N. The minimum absolute atomic E-state index is 0.103. The van der Waals surface area contributed by atoms with E-state index in [0.717, 1.165) is 0 Å². The molecule has 3 nitrogen and oxygen atoms in total. The normalized spacial score (nSPS) is 37.3. The highest BCUT2D eigenvalue weighted by Gasteiger charge is 2.61. The van der Waals surface area contributed by atoms with Crippen molar-refractivity contribution in [2.75, 3.05) is 6.61 Å². The van der Waals surface area contributed by atoms with Crippen molar-refractivity contribution >= 4 is 5.97 Å². The van der Waals surface area contributed by atoms with Crippen molar-refractivity contribution in [2.45, 2.75) is 25.1 Å². The quantitative estimate of drug-likeness (QED) is 0.559. The van der Waals surface area contributed by atoms with E-state index in [4.69, 9.17) is 5.73 Å². The first-order valence-corrected chi connectivity index (χ1v) is 3.23. The summed E-state index contributed by atoms with van der Waals surface area (Å²) < 4.78 is 17.3. The molecule has 0 amide bonds. The molecular formula is C6H10FNO2. The second-order valence-electron chi connectivity index (χ2n) is 2.39. The van der Waals surface area contributed by atoms with Gasteiger partial charge in [-0.05, 0) is 6.92 Å². The van der Waals surface area contributed by atoms with Gasteiger partial charge in [-0.2, -0.15) is 0 Å². The Balaban J connectivity index is 2.43. The number of rotatable bonds is 2. The van der Waals surface area contributed by atoms with Gasteiger partial charge < -0.3 is 10.5 Å². The van der Waals surface area contributed by atoms with Crippen molar-refractivity contribution in [3.8, 4) is 0 Å². The Hall–Kier alpha value is -0.640. The lowest BCUT2D eigenvalue weighted by Crippen LogP contribution is -2.27. The maximum absolute atomic E-state index is 12.9. The minimum atomic E-state index is -1.87. The summed E-state index contributed by atoms with van der Waals surface area (Å²) in [6.45, 7) is 1.84. The fraction of sp³-hybridized carbons (Fsp3) is 0.833. The molecule has 0 aliphatic heterocycles. The zero-order chi connectivity index (χ0) is 7.78. The molecule has 10 heavy (non-hydrogen) atoms. The number of hydrogen-bond acceptors (Lipinski definition) is 3. The molecule has 0 bridgehead atoms. The van der Waals surface area contributed by atoms with Crippen LogP contribution in [-0.4, -0.2) is 24.3 Å². The summed E-state index contributed by atoms with van der Waals surface area (Å²) in [6, 6.07) is -0.647. The minimum Gasteiger partial charge on any atom is -0.464 e. The number of nitrogens with two attached hydrogens (primary N) is 1. The first kappa shape index (κ1) is 7.47. The van der Waals surface area contributed by atoms with E-state index in [2.05, 4.69) is 4.74 Å². The molecule has 0 aromatic carbocycles. The Morgan fingerprint density at radius 2 is 2.50 bits per heavy atom.